The summed E-state index contributed by atoms with van der Waals surface area (Å²) in [4.78, 5) is 34.6. The van der Waals surface area contributed by atoms with Gasteiger partial charge in [0.05, 0.1) is 11.3 Å². The quantitative estimate of drug-likeness (QED) is 0.592. The Kier molecular flexibility index (Phi) is 6.88. The Hall–Kier alpha value is -2.57. The SMILES string of the molecule is CC(=O)NCCNC(=O)c1ccccc1NC(=O)NC(C)C. The van der Waals surface area contributed by atoms with Crippen molar-refractivity contribution in [3.8, 4) is 0 Å². The van der Waals surface area contributed by atoms with Gasteiger partial charge in [0.1, 0.15) is 0 Å². The average molecular weight is 306 g/mol. The van der Waals surface area contributed by atoms with Crippen molar-refractivity contribution in [2.75, 3.05) is 18.4 Å². The van der Waals surface area contributed by atoms with Crippen molar-refractivity contribution in [3.63, 3.8) is 0 Å². The molecule has 0 aliphatic heterocycles. The molecule has 0 spiro atoms. The van der Waals surface area contributed by atoms with E-state index < -0.39 is 0 Å². The molecule has 0 bridgehead atoms. The minimum atomic E-state index is -0.367. The third-order valence-electron chi connectivity index (χ3n) is 2.62. The van der Waals surface area contributed by atoms with E-state index in [9.17, 15) is 14.4 Å². The van der Waals surface area contributed by atoms with Crippen LogP contribution in [-0.2, 0) is 4.79 Å². The smallest absolute Gasteiger partial charge is 0.319 e. The molecule has 1 aromatic rings. The van der Waals surface area contributed by atoms with E-state index in [2.05, 4.69) is 21.3 Å². The van der Waals surface area contributed by atoms with E-state index >= 15 is 0 Å². The van der Waals surface area contributed by atoms with Crippen LogP contribution in [0.4, 0.5) is 10.5 Å². The molecular weight excluding hydrogens is 284 g/mol. The van der Waals surface area contributed by atoms with E-state index in [4.69, 9.17) is 0 Å². The van der Waals surface area contributed by atoms with Gasteiger partial charge >= 0.3 is 6.03 Å². The van der Waals surface area contributed by atoms with Crippen LogP contribution >= 0.6 is 0 Å². The zero-order valence-electron chi connectivity index (χ0n) is 13.0. The normalized spacial score (nSPS) is 10.0. The summed E-state index contributed by atoms with van der Waals surface area (Å²) in [5.41, 5.74) is 0.793. The summed E-state index contributed by atoms with van der Waals surface area (Å²) in [7, 11) is 0. The van der Waals surface area contributed by atoms with E-state index in [1.807, 2.05) is 13.8 Å². The number of rotatable bonds is 6. The first-order valence-corrected chi connectivity index (χ1v) is 7.09. The zero-order valence-corrected chi connectivity index (χ0v) is 13.0. The third-order valence-corrected chi connectivity index (χ3v) is 2.62. The molecule has 4 N–H and O–H groups in total. The molecule has 1 rings (SSSR count). The van der Waals surface area contributed by atoms with E-state index in [0.717, 1.165) is 0 Å². The lowest BCUT2D eigenvalue weighted by molar-refractivity contribution is -0.118. The minimum Gasteiger partial charge on any atom is -0.355 e. The topological polar surface area (TPSA) is 99.3 Å². The molecule has 1 aromatic carbocycles. The lowest BCUT2D eigenvalue weighted by atomic mass is 10.1. The molecule has 0 saturated carbocycles. The first kappa shape index (κ1) is 17.5. The van der Waals surface area contributed by atoms with Crippen molar-refractivity contribution in [1.82, 2.24) is 16.0 Å². The Bertz CT molecular complexity index is 543. The molecule has 0 atom stereocenters. The highest BCUT2D eigenvalue weighted by Crippen LogP contribution is 2.14. The highest BCUT2D eigenvalue weighted by molar-refractivity contribution is 6.03. The zero-order chi connectivity index (χ0) is 16.5. The molecule has 0 radical (unpaired) electrons. The molecule has 22 heavy (non-hydrogen) atoms. The predicted octanol–water partition coefficient (Wildman–Crippen LogP) is 1.08. The van der Waals surface area contributed by atoms with E-state index in [-0.39, 0.29) is 23.9 Å². The molecule has 0 heterocycles. The van der Waals surface area contributed by atoms with Crippen LogP contribution in [0.5, 0.6) is 0 Å². The molecule has 0 unspecified atom stereocenters. The molecule has 0 fully saturated rings. The van der Waals surface area contributed by atoms with Gasteiger partial charge in [-0.05, 0) is 26.0 Å². The summed E-state index contributed by atoms with van der Waals surface area (Å²) in [6.45, 7) is 5.77. The van der Waals surface area contributed by atoms with Gasteiger partial charge in [0.2, 0.25) is 5.91 Å². The molecule has 7 heteroatoms. The van der Waals surface area contributed by atoms with Crippen LogP contribution in [0, 0.1) is 0 Å². The van der Waals surface area contributed by atoms with Crippen LogP contribution in [0.2, 0.25) is 0 Å². The van der Waals surface area contributed by atoms with E-state index in [1.165, 1.54) is 6.92 Å². The summed E-state index contributed by atoms with van der Waals surface area (Å²) in [6.07, 6.45) is 0. The average Bonchev–Trinajstić information content (AvgIpc) is 2.42. The second-order valence-corrected chi connectivity index (χ2v) is 5.04. The molecule has 7 nitrogen and oxygen atoms in total. The van der Waals surface area contributed by atoms with Gasteiger partial charge in [-0.25, -0.2) is 4.79 Å². The molecular formula is C15H22N4O3. The molecule has 120 valence electrons. The van der Waals surface area contributed by atoms with Gasteiger partial charge in [0, 0.05) is 26.1 Å². The maximum absolute atomic E-state index is 12.1. The van der Waals surface area contributed by atoms with Crippen molar-refractivity contribution < 1.29 is 14.4 Å². The highest BCUT2D eigenvalue weighted by atomic mass is 16.2. The first-order valence-electron chi connectivity index (χ1n) is 7.09. The lowest BCUT2D eigenvalue weighted by Gasteiger charge is -2.13. The third kappa shape index (κ3) is 6.25. The van der Waals surface area contributed by atoms with Gasteiger partial charge in [0.15, 0.2) is 0 Å². The largest absolute Gasteiger partial charge is 0.355 e. The van der Waals surface area contributed by atoms with Crippen molar-refractivity contribution in [2.24, 2.45) is 0 Å². The Morgan fingerprint density at radius 3 is 2.32 bits per heavy atom. The predicted molar refractivity (Wildman–Crippen MR) is 84.7 cm³/mol. The first-order chi connectivity index (χ1) is 10.4. The highest BCUT2D eigenvalue weighted by Gasteiger charge is 2.12. The van der Waals surface area contributed by atoms with Gasteiger partial charge in [-0.2, -0.15) is 0 Å². The standard InChI is InChI=1S/C15H22N4O3/c1-10(2)18-15(22)19-13-7-5-4-6-12(13)14(21)17-9-8-16-11(3)20/h4-7,10H,8-9H2,1-3H3,(H,16,20)(H,17,21)(H2,18,19,22). The van der Waals surface area contributed by atoms with Gasteiger partial charge < -0.3 is 21.3 Å². The molecule has 0 saturated heterocycles. The number of urea groups is 1. The molecule has 0 aliphatic carbocycles. The van der Waals surface area contributed by atoms with Gasteiger partial charge in [-0.1, -0.05) is 12.1 Å². The number of carbonyl (C=O) groups is 3. The Labute approximate surface area is 129 Å². The number of benzene rings is 1. The Morgan fingerprint density at radius 2 is 1.68 bits per heavy atom. The van der Waals surface area contributed by atoms with Crippen LogP contribution in [0.25, 0.3) is 0 Å². The summed E-state index contributed by atoms with van der Waals surface area (Å²) in [5.74, 6) is -0.465. The van der Waals surface area contributed by atoms with Crippen molar-refractivity contribution >= 4 is 23.5 Å². The second-order valence-electron chi connectivity index (χ2n) is 5.04. The van der Waals surface area contributed by atoms with Crippen molar-refractivity contribution in [2.45, 2.75) is 26.8 Å². The number of para-hydroxylation sites is 1. The van der Waals surface area contributed by atoms with Crippen LogP contribution in [-0.4, -0.2) is 37.0 Å². The number of hydrogen-bond acceptors (Lipinski definition) is 3. The number of anilines is 1. The second kappa shape index (κ2) is 8.66. The number of nitrogens with one attached hydrogen (secondary N) is 4. The van der Waals surface area contributed by atoms with Crippen LogP contribution in [0.1, 0.15) is 31.1 Å². The minimum absolute atomic E-state index is 0.00126. The van der Waals surface area contributed by atoms with Crippen LogP contribution < -0.4 is 21.3 Å². The number of carbonyl (C=O) groups excluding carboxylic acids is 3. The molecule has 0 aromatic heterocycles. The fraction of sp³-hybridized carbons (Fsp3) is 0.400. The summed E-state index contributed by atoms with van der Waals surface area (Å²) < 4.78 is 0. The monoisotopic (exact) mass is 306 g/mol. The van der Waals surface area contributed by atoms with E-state index in [1.54, 1.807) is 24.3 Å². The van der Waals surface area contributed by atoms with Gasteiger partial charge in [-0.3, -0.25) is 9.59 Å². The summed E-state index contributed by atoms with van der Waals surface area (Å²) >= 11 is 0. The van der Waals surface area contributed by atoms with Crippen molar-refractivity contribution in [1.29, 1.82) is 0 Å². The fourth-order valence-electron chi connectivity index (χ4n) is 1.72. The van der Waals surface area contributed by atoms with Crippen LogP contribution in [0.15, 0.2) is 24.3 Å². The van der Waals surface area contributed by atoms with E-state index in [0.29, 0.717) is 24.3 Å². The summed E-state index contributed by atoms with van der Waals surface area (Å²) in [5, 5.41) is 10.6. The van der Waals surface area contributed by atoms with Gasteiger partial charge in [0.25, 0.3) is 5.91 Å². The Morgan fingerprint density at radius 1 is 1.05 bits per heavy atom. The molecule has 4 amide bonds. The Balaban J connectivity index is 2.64. The van der Waals surface area contributed by atoms with Crippen molar-refractivity contribution in [3.05, 3.63) is 29.8 Å². The lowest BCUT2D eigenvalue weighted by Crippen LogP contribution is -2.36. The maximum Gasteiger partial charge on any atom is 0.319 e. The maximum atomic E-state index is 12.1. The number of hydrogen-bond donors (Lipinski definition) is 4. The number of amides is 4. The summed E-state index contributed by atoms with van der Waals surface area (Å²) in [6, 6.07) is 6.36. The molecule has 0 aliphatic rings. The van der Waals surface area contributed by atoms with Crippen LogP contribution in [0.3, 0.4) is 0 Å². The van der Waals surface area contributed by atoms with Gasteiger partial charge in [-0.15, -0.1) is 0 Å². The fourth-order valence-corrected chi connectivity index (χ4v) is 1.72.